The number of hydrogen-bond donors (Lipinski definition) is 2. The summed E-state index contributed by atoms with van der Waals surface area (Å²) in [6.45, 7) is 0.664. The van der Waals surface area contributed by atoms with Crippen molar-refractivity contribution < 1.29 is 9.53 Å². The van der Waals surface area contributed by atoms with E-state index in [4.69, 9.17) is 4.74 Å². The van der Waals surface area contributed by atoms with Gasteiger partial charge in [-0.25, -0.2) is 9.78 Å². The van der Waals surface area contributed by atoms with Crippen LogP contribution in [0, 0.1) is 0 Å². The zero-order valence-corrected chi connectivity index (χ0v) is 12.5. The summed E-state index contributed by atoms with van der Waals surface area (Å²) in [6.07, 6.45) is 5.03. The molecule has 0 saturated carbocycles. The van der Waals surface area contributed by atoms with Gasteiger partial charge in [-0.1, -0.05) is 54.6 Å². The Morgan fingerprint density at radius 3 is 2.91 bits per heavy atom. The van der Waals surface area contributed by atoms with E-state index in [0.29, 0.717) is 6.54 Å². The van der Waals surface area contributed by atoms with Gasteiger partial charge < -0.3 is 15.0 Å². The zero-order valence-electron chi connectivity index (χ0n) is 12.5. The number of nitrogens with zero attached hydrogens (tertiary/aromatic N) is 1. The monoisotopic (exact) mass is 307 g/mol. The van der Waals surface area contributed by atoms with Crippen LogP contribution in [0.5, 0.6) is 0 Å². The van der Waals surface area contributed by atoms with Crippen molar-refractivity contribution in [3.05, 3.63) is 72.1 Å². The third-order valence-electron chi connectivity index (χ3n) is 3.36. The Morgan fingerprint density at radius 1 is 1.17 bits per heavy atom. The molecule has 0 aliphatic rings. The van der Waals surface area contributed by atoms with Crippen molar-refractivity contribution in [1.82, 2.24) is 15.3 Å². The molecule has 0 aliphatic heterocycles. The van der Waals surface area contributed by atoms with E-state index in [2.05, 4.69) is 15.3 Å². The minimum absolute atomic E-state index is 0.267. The van der Waals surface area contributed by atoms with Gasteiger partial charge in [-0.2, -0.15) is 0 Å². The maximum absolute atomic E-state index is 11.6. The van der Waals surface area contributed by atoms with Crippen molar-refractivity contribution in [2.24, 2.45) is 0 Å². The van der Waals surface area contributed by atoms with Crippen LogP contribution >= 0.6 is 0 Å². The number of amides is 1. The molecule has 1 aromatic heterocycles. The molecule has 0 fully saturated rings. The number of alkyl carbamates (subject to hydrolysis) is 1. The van der Waals surface area contributed by atoms with Gasteiger partial charge in [-0.3, -0.25) is 0 Å². The number of hydrogen-bond acceptors (Lipinski definition) is 3. The number of nitrogens with one attached hydrogen (secondary N) is 2. The molecule has 5 nitrogen and oxygen atoms in total. The molecule has 0 atom stereocenters. The topological polar surface area (TPSA) is 67.0 Å². The number of aromatic amines is 1. The lowest BCUT2D eigenvalue weighted by Crippen LogP contribution is -2.24. The minimum atomic E-state index is -0.434. The standard InChI is InChI=1S/C18H17N3O2/c22-18(23-12-14-6-2-1-3-7-14)19-11-5-9-15-8-4-10-16-17(15)21-13-20-16/h1-10,13H,11-12H2,(H,19,22)(H,20,21). The van der Waals surface area contributed by atoms with Gasteiger partial charge in [0.15, 0.2) is 0 Å². The summed E-state index contributed by atoms with van der Waals surface area (Å²) in [6, 6.07) is 15.5. The molecule has 0 spiro atoms. The van der Waals surface area contributed by atoms with Crippen molar-refractivity contribution in [2.75, 3.05) is 6.54 Å². The first kappa shape index (κ1) is 14.8. The number of ether oxygens (including phenoxy) is 1. The second-order valence-electron chi connectivity index (χ2n) is 4.99. The van der Waals surface area contributed by atoms with E-state index >= 15 is 0 Å². The smallest absolute Gasteiger partial charge is 0.407 e. The average Bonchev–Trinajstić information content (AvgIpc) is 3.07. The lowest BCUT2D eigenvalue weighted by molar-refractivity contribution is 0.141. The molecule has 3 rings (SSSR count). The lowest BCUT2D eigenvalue weighted by Gasteiger charge is -2.05. The summed E-state index contributed by atoms with van der Waals surface area (Å²) >= 11 is 0. The van der Waals surface area contributed by atoms with E-state index in [1.54, 1.807) is 6.33 Å². The molecule has 2 aromatic carbocycles. The molecule has 2 N–H and O–H groups in total. The average molecular weight is 307 g/mol. The highest BCUT2D eigenvalue weighted by molar-refractivity contribution is 5.84. The van der Waals surface area contributed by atoms with Crippen molar-refractivity contribution in [3.8, 4) is 0 Å². The third-order valence-corrected chi connectivity index (χ3v) is 3.36. The number of carbonyl (C=O) groups excluding carboxylic acids is 1. The summed E-state index contributed by atoms with van der Waals surface area (Å²) in [7, 11) is 0. The van der Waals surface area contributed by atoms with Crippen LogP contribution < -0.4 is 5.32 Å². The van der Waals surface area contributed by atoms with Gasteiger partial charge in [0, 0.05) is 12.1 Å². The maximum Gasteiger partial charge on any atom is 0.407 e. The first-order valence-electron chi connectivity index (χ1n) is 7.36. The van der Waals surface area contributed by atoms with Crippen LogP contribution in [-0.4, -0.2) is 22.6 Å². The zero-order chi connectivity index (χ0) is 15.9. The predicted molar refractivity (Wildman–Crippen MR) is 89.8 cm³/mol. The Balaban J connectivity index is 1.47. The van der Waals surface area contributed by atoms with Crippen LogP contribution in [0.25, 0.3) is 17.1 Å². The Labute approximate surface area is 134 Å². The van der Waals surface area contributed by atoms with E-state index in [9.17, 15) is 4.79 Å². The Hall–Kier alpha value is -3.08. The highest BCUT2D eigenvalue weighted by atomic mass is 16.5. The van der Waals surface area contributed by atoms with E-state index in [1.165, 1.54) is 0 Å². The number of aromatic nitrogens is 2. The van der Waals surface area contributed by atoms with Crippen molar-refractivity contribution >= 4 is 23.2 Å². The highest BCUT2D eigenvalue weighted by Crippen LogP contribution is 2.15. The number of benzene rings is 2. The largest absolute Gasteiger partial charge is 0.445 e. The van der Waals surface area contributed by atoms with Crippen LogP contribution in [0.3, 0.4) is 0 Å². The number of H-pyrrole nitrogens is 1. The van der Waals surface area contributed by atoms with Crippen LogP contribution in [0.2, 0.25) is 0 Å². The molecule has 5 heteroatoms. The summed E-state index contributed by atoms with van der Waals surface area (Å²) in [5.74, 6) is 0. The van der Waals surface area contributed by atoms with E-state index in [0.717, 1.165) is 22.2 Å². The van der Waals surface area contributed by atoms with Crippen molar-refractivity contribution in [1.29, 1.82) is 0 Å². The van der Waals surface area contributed by atoms with Crippen molar-refractivity contribution in [3.63, 3.8) is 0 Å². The van der Waals surface area contributed by atoms with Crippen molar-refractivity contribution in [2.45, 2.75) is 6.61 Å². The Morgan fingerprint density at radius 2 is 2.04 bits per heavy atom. The molecular weight excluding hydrogens is 290 g/mol. The molecule has 116 valence electrons. The molecular formula is C18H17N3O2. The molecule has 3 aromatic rings. The molecule has 1 heterocycles. The Bertz CT molecular complexity index is 809. The third kappa shape index (κ3) is 3.97. The summed E-state index contributed by atoms with van der Waals surface area (Å²) in [5, 5.41) is 2.69. The van der Waals surface area contributed by atoms with E-state index in [1.807, 2.05) is 60.7 Å². The molecule has 0 saturated heterocycles. The van der Waals surface area contributed by atoms with Crippen LogP contribution in [0.1, 0.15) is 11.1 Å². The van der Waals surface area contributed by atoms with E-state index < -0.39 is 6.09 Å². The van der Waals surface area contributed by atoms with Crippen LogP contribution in [0.15, 0.2) is 60.9 Å². The van der Waals surface area contributed by atoms with Gasteiger partial charge in [0.05, 0.1) is 17.4 Å². The SMILES string of the molecule is O=C(NCC=Cc1cccc2[nH]cnc12)OCc1ccccc1. The second kappa shape index (κ2) is 7.26. The van der Waals surface area contributed by atoms with Gasteiger partial charge in [-0.15, -0.1) is 0 Å². The molecule has 0 radical (unpaired) electrons. The number of rotatable bonds is 5. The lowest BCUT2D eigenvalue weighted by atomic mass is 10.1. The number of fused-ring (bicyclic) bond motifs is 1. The van der Waals surface area contributed by atoms with Gasteiger partial charge in [0.2, 0.25) is 0 Å². The first-order chi connectivity index (χ1) is 11.3. The number of imidazole rings is 1. The number of carbonyl (C=O) groups is 1. The Kier molecular flexibility index (Phi) is 4.69. The van der Waals surface area contributed by atoms with Crippen LogP contribution in [-0.2, 0) is 11.3 Å². The van der Waals surface area contributed by atoms with E-state index in [-0.39, 0.29) is 6.61 Å². The minimum Gasteiger partial charge on any atom is -0.445 e. The van der Waals surface area contributed by atoms with Gasteiger partial charge in [-0.05, 0) is 11.6 Å². The molecule has 23 heavy (non-hydrogen) atoms. The number of para-hydroxylation sites is 1. The van der Waals surface area contributed by atoms with Gasteiger partial charge in [0.25, 0.3) is 0 Å². The van der Waals surface area contributed by atoms with Gasteiger partial charge >= 0.3 is 6.09 Å². The highest BCUT2D eigenvalue weighted by Gasteiger charge is 2.01. The summed E-state index contributed by atoms with van der Waals surface area (Å²) < 4.78 is 5.14. The summed E-state index contributed by atoms with van der Waals surface area (Å²) in [4.78, 5) is 19.0. The summed E-state index contributed by atoms with van der Waals surface area (Å²) in [5.41, 5.74) is 3.87. The molecule has 0 unspecified atom stereocenters. The first-order valence-corrected chi connectivity index (χ1v) is 7.36. The fourth-order valence-corrected chi connectivity index (χ4v) is 2.23. The molecule has 1 amide bonds. The predicted octanol–water partition coefficient (Wildman–Crippen LogP) is 3.50. The second-order valence-corrected chi connectivity index (χ2v) is 4.99. The van der Waals surface area contributed by atoms with Crippen LogP contribution in [0.4, 0.5) is 4.79 Å². The maximum atomic E-state index is 11.6. The fourth-order valence-electron chi connectivity index (χ4n) is 2.23. The molecule has 0 aliphatic carbocycles. The molecule has 0 bridgehead atoms. The fraction of sp³-hybridized carbons (Fsp3) is 0.111. The van der Waals surface area contributed by atoms with Gasteiger partial charge in [0.1, 0.15) is 6.61 Å². The quantitative estimate of drug-likeness (QED) is 0.758. The normalized spacial score (nSPS) is 11.0.